The molecule has 0 aliphatic carbocycles. The average Bonchev–Trinajstić information content (AvgIpc) is 2.54. The molecule has 2 aromatic rings. The predicted octanol–water partition coefficient (Wildman–Crippen LogP) is 2.10. The van der Waals surface area contributed by atoms with Gasteiger partial charge in [-0.15, -0.1) is 0 Å². The van der Waals surface area contributed by atoms with Crippen molar-refractivity contribution in [3.8, 4) is 0 Å². The van der Waals surface area contributed by atoms with Gasteiger partial charge < -0.3 is 5.32 Å². The summed E-state index contributed by atoms with van der Waals surface area (Å²) in [5.41, 5.74) is 3.15. The molecule has 0 radical (unpaired) electrons. The van der Waals surface area contributed by atoms with Crippen LogP contribution in [0.2, 0.25) is 5.02 Å². The van der Waals surface area contributed by atoms with Crippen molar-refractivity contribution < 1.29 is 9.59 Å². The number of carbonyl (C=O) groups excluding carboxylic acids is 2. The second-order valence-corrected chi connectivity index (χ2v) is 4.84. The third kappa shape index (κ3) is 4.18. The van der Waals surface area contributed by atoms with Crippen LogP contribution in [-0.4, -0.2) is 11.8 Å². The molecule has 5 nitrogen and oxygen atoms in total. The van der Waals surface area contributed by atoms with Crippen molar-refractivity contribution in [2.24, 2.45) is 5.84 Å². The van der Waals surface area contributed by atoms with Crippen LogP contribution in [0.3, 0.4) is 0 Å². The summed E-state index contributed by atoms with van der Waals surface area (Å²) in [6, 6.07) is 15.5. The molecule has 6 heteroatoms. The van der Waals surface area contributed by atoms with E-state index in [4.69, 9.17) is 17.4 Å². The highest BCUT2D eigenvalue weighted by atomic mass is 35.5. The van der Waals surface area contributed by atoms with Crippen LogP contribution in [0.15, 0.2) is 60.3 Å². The van der Waals surface area contributed by atoms with Gasteiger partial charge in [-0.3, -0.25) is 15.0 Å². The number of rotatable bonds is 4. The van der Waals surface area contributed by atoms with Crippen LogP contribution < -0.4 is 16.6 Å². The number of hydrazine groups is 1. The fraction of sp³-hybridized carbons (Fsp3) is 0. The smallest absolute Gasteiger partial charge is 0.281 e. The van der Waals surface area contributed by atoms with Crippen LogP contribution >= 0.6 is 11.6 Å². The fourth-order valence-electron chi connectivity index (χ4n) is 1.78. The number of amides is 2. The van der Waals surface area contributed by atoms with Gasteiger partial charge >= 0.3 is 0 Å². The molecule has 0 fully saturated rings. The maximum Gasteiger partial charge on any atom is 0.281 e. The highest BCUT2D eigenvalue weighted by molar-refractivity contribution is 6.31. The summed E-state index contributed by atoms with van der Waals surface area (Å²) < 4.78 is 0. The Morgan fingerprint density at radius 3 is 2.41 bits per heavy atom. The van der Waals surface area contributed by atoms with Gasteiger partial charge in [-0.05, 0) is 29.8 Å². The van der Waals surface area contributed by atoms with E-state index >= 15 is 0 Å². The van der Waals surface area contributed by atoms with E-state index in [1.54, 1.807) is 30.3 Å². The van der Waals surface area contributed by atoms with Crippen molar-refractivity contribution in [1.29, 1.82) is 0 Å². The number of hydrogen-bond donors (Lipinski definition) is 3. The average molecular weight is 316 g/mol. The summed E-state index contributed by atoms with van der Waals surface area (Å²) in [7, 11) is 0. The molecule has 22 heavy (non-hydrogen) atoms. The van der Waals surface area contributed by atoms with Crippen LogP contribution in [0, 0.1) is 0 Å². The summed E-state index contributed by atoms with van der Waals surface area (Å²) in [6.07, 6.45) is 1.53. The SMILES string of the molecule is NNC(=O)C(=Cc1ccccc1)NC(=O)c1cccc(Cl)c1. The Morgan fingerprint density at radius 2 is 1.77 bits per heavy atom. The van der Waals surface area contributed by atoms with Crippen LogP contribution in [0.4, 0.5) is 0 Å². The molecular formula is C16H14ClN3O2. The fourth-order valence-corrected chi connectivity index (χ4v) is 1.97. The van der Waals surface area contributed by atoms with Crippen LogP contribution in [0.1, 0.15) is 15.9 Å². The van der Waals surface area contributed by atoms with E-state index in [1.165, 1.54) is 12.1 Å². The second kappa shape index (κ2) is 7.40. The lowest BCUT2D eigenvalue weighted by Crippen LogP contribution is -2.38. The highest BCUT2D eigenvalue weighted by Crippen LogP contribution is 2.11. The van der Waals surface area contributed by atoms with E-state index < -0.39 is 11.8 Å². The van der Waals surface area contributed by atoms with Gasteiger partial charge in [0.1, 0.15) is 5.70 Å². The van der Waals surface area contributed by atoms with E-state index in [-0.39, 0.29) is 5.70 Å². The minimum atomic E-state index is -0.598. The normalized spacial score (nSPS) is 10.9. The Balaban J connectivity index is 2.26. The van der Waals surface area contributed by atoms with E-state index in [1.807, 2.05) is 23.6 Å². The number of benzene rings is 2. The predicted molar refractivity (Wildman–Crippen MR) is 85.7 cm³/mol. The monoisotopic (exact) mass is 315 g/mol. The highest BCUT2D eigenvalue weighted by Gasteiger charge is 2.13. The molecule has 2 rings (SSSR count). The zero-order valence-corrected chi connectivity index (χ0v) is 12.3. The molecule has 2 amide bonds. The van der Waals surface area contributed by atoms with E-state index in [9.17, 15) is 9.59 Å². The minimum Gasteiger partial charge on any atom is -0.317 e. The van der Waals surface area contributed by atoms with Crippen molar-refractivity contribution >= 4 is 29.5 Å². The number of nitrogens with two attached hydrogens (primary N) is 1. The molecule has 0 bridgehead atoms. The first-order valence-electron chi connectivity index (χ1n) is 6.45. The minimum absolute atomic E-state index is 0.0404. The third-order valence-electron chi connectivity index (χ3n) is 2.82. The lowest BCUT2D eigenvalue weighted by Gasteiger charge is -2.09. The molecule has 0 spiro atoms. The Labute approximate surface area is 132 Å². The third-order valence-corrected chi connectivity index (χ3v) is 3.06. The zero-order valence-electron chi connectivity index (χ0n) is 11.5. The first kappa shape index (κ1) is 15.8. The van der Waals surface area contributed by atoms with Crippen LogP contribution in [-0.2, 0) is 4.79 Å². The molecule has 112 valence electrons. The summed E-state index contributed by atoms with van der Waals surface area (Å²) in [4.78, 5) is 24.0. The summed E-state index contributed by atoms with van der Waals surface area (Å²) in [5.74, 6) is 4.10. The molecule has 0 saturated heterocycles. The van der Waals surface area contributed by atoms with E-state index in [0.717, 1.165) is 5.56 Å². The maximum atomic E-state index is 12.2. The van der Waals surface area contributed by atoms with Crippen molar-refractivity contribution in [1.82, 2.24) is 10.7 Å². The quantitative estimate of drug-likeness (QED) is 0.349. The van der Waals surface area contributed by atoms with E-state index in [2.05, 4.69) is 5.32 Å². The van der Waals surface area contributed by atoms with Crippen LogP contribution in [0.5, 0.6) is 0 Å². The summed E-state index contributed by atoms with van der Waals surface area (Å²) >= 11 is 5.85. The van der Waals surface area contributed by atoms with Gasteiger partial charge in [0.2, 0.25) is 0 Å². The largest absolute Gasteiger partial charge is 0.317 e. The van der Waals surface area contributed by atoms with E-state index in [0.29, 0.717) is 10.6 Å². The Hall–Kier alpha value is -2.63. The number of nitrogens with one attached hydrogen (secondary N) is 2. The molecule has 0 aliphatic rings. The summed E-state index contributed by atoms with van der Waals surface area (Å²) in [5, 5.41) is 2.97. The van der Waals surface area contributed by atoms with Gasteiger partial charge in [0.05, 0.1) is 0 Å². The van der Waals surface area contributed by atoms with Crippen molar-refractivity contribution in [2.75, 3.05) is 0 Å². The van der Waals surface area contributed by atoms with Gasteiger partial charge in [-0.1, -0.05) is 48.0 Å². The van der Waals surface area contributed by atoms with Gasteiger partial charge in [0.15, 0.2) is 0 Å². The van der Waals surface area contributed by atoms with Gasteiger partial charge in [-0.2, -0.15) is 0 Å². The number of hydrogen-bond acceptors (Lipinski definition) is 3. The van der Waals surface area contributed by atoms with Gasteiger partial charge in [-0.25, -0.2) is 5.84 Å². The van der Waals surface area contributed by atoms with Crippen molar-refractivity contribution in [3.05, 3.63) is 76.4 Å². The molecule has 0 aliphatic heterocycles. The zero-order chi connectivity index (χ0) is 15.9. The number of halogens is 1. The Kier molecular flexibility index (Phi) is 5.30. The molecule has 0 atom stereocenters. The summed E-state index contributed by atoms with van der Waals surface area (Å²) in [6.45, 7) is 0. The topological polar surface area (TPSA) is 84.2 Å². The Bertz CT molecular complexity index is 714. The lowest BCUT2D eigenvalue weighted by molar-refractivity contribution is -0.117. The van der Waals surface area contributed by atoms with Gasteiger partial charge in [0, 0.05) is 10.6 Å². The second-order valence-electron chi connectivity index (χ2n) is 4.41. The molecular weight excluding hydrogens is 302 g/mol. The molecule has 0 heterocycles. The molecule has 0 saturated carbocycles. The molecule has 0 aromatic heterocycles. The lowest BCUT2D eigenvalue weighted by atomic mass is 10.1. The first-order chi connectivity index (χ1) is 10.6. The molecule has 2 aromatic carbocycles. The first-order valence-corrected chi connectivity index (χ1v) is 6.82. The Morgan fingerprint density at radius 1 is 1.05 bits per heavy atom. The number of carbonyl (C=O) groups is 2. The molecule has 0 unspecified atom stereocenters. The van der Waals surface area contributed by atoms with Crippen LogP contribution in [0.25, 0.3) is 6.08 Å². The van der Waals surface area contributed by atoms with Gasteiger partial charge in [0.25, 0.3) is 11.8 Å². The molecule has 4 N–H and O–H groups in total. The van der Waals surface area contributed by atoms with Crippen molar-refractivity contribution in [2.45, 2.75) is 0 Å². The standard InChI is InChI=1S/C16H14ClN3O2/c17-13-8-4-7-12(10-13)15(21)19-14(16(22)20-18)9-11-5-2-1-3-6-11/h1-10H,18H2,(H,19,21)(H,20,22). The maximum absolute atomic E-state index is 12.2. The van der Waals surface area contributed by atoms with Crippen molar-refractivity contribution in [3.63, 3.8) is 0 Å².